The summed E-state index contributed by atoms with van der Waals surface area (Å²) in [5.41, 5.74) is 5.84. The summed E-state index contributed by atoms with van der Waals surface area (Å²) in [7, 11) is -3.60. The summed E-state index contributed by atoms with van der Waals surface area (Å²) in [6.45, 7) is 4.67. The third-order valence-corrected chi connectivity index (χ3v) is 6.54. The van der Waals surface area contributed by atoms with E-state index in [0.717, 1.165) is 12.8 Å². The molecule has 0 bridgehead atoms. The Balaban J connectivity index is 2.12. The van der Waals surface area contributed by atoms with Gasteiger partial charge >= 0.3 is 0 Å². The first-order valence-electron chi connectivity index (χ1n) is 6.66. The van der Waals surface area contributed by atoms with Crippen LogP contribution >= 0.6 is 11.3 Å². The summed E-state index contributed by atoms with van der Waals surface area (Å²) in [5.74, 6) is 0.380. The van der Waals surface area contributed by atoms with Crippen LogP contribution in [-0.2, 0) is 10.0 Å². The second-order valence-electron chi connectivity index (χ2n) is 5.43. The van der Waals surface area contributed by atoms with Crippen LogP contribution in [-0.4, -0.2) is 34.7 Å². The largest absolute Gasteiger partial charge is 0.381 e. The van der Waals surface area contributed by atoms with E-state index >= 15 is 0 Å². The van der Waals surface area contributed by atoms with Crippen molar-refractivity contribution in [3.05, 3.63) is 11.6 Å². The Kier molecular flexibility index (Phi) is 3.26. The van der Waals surface area contributed by atoms with E-state index in [9.17, 15) is 8.42 Å². The molecule has 0 radical (unpaired) electrons. The van der Waals surface area contributed by atoms with Gasteiger partial charge in [-0.2, -0.15) is 4.31 Å². The molecule has 6 nitrogen and oxygen atoms in total. The molecule has 0 spiro atoms. The van der Waals surface area contributed by atoms with Crippen LogP contribution in [0.25, 0.3) is 4.96 Å². The van der Waals surface area contributed by atoms with Crippen molar-refractivity contribution in [1.29, 1.82) is 0 Å². The quantitative estimate of drug-likeness (QED) is 0.936. The number of nitrogens with two attached hydrogens (primary N) is 1. The fourth-order valence-electron chi connectivity index (χ4n) is 2.88. The summed E-state index contributed by atoms with van der Waals surface area (Å²) in [6.07, 6.45) is 3.51. The Bertz CT molecular complexity index is 732. The number of nitrogen functional groups attached to an aromatic ring is 1. The molecule has 20 heavy (non-hydrogen) atoms. The summed E-state index contributed by atoms with van der Waals surface area (Å²) in [5, 5.41) is 1.92. The number of rotatable bonds is 3. The second kappa shape index (κ2) is 4.71. The number of hydrogen-bond donors (Lipinski definition) is 1. The Labute approximate surface area is 122 Å². The van der Waals surface area contributed by atoms with Gasteiger partial charge in [0.05, 0.1) is 0 Å². The van der Waals surface area contributed by atoms with Gasteiger partial charge in [0.15, 0.2) is 15.8 Å². The number of fused-ring (bicyclic) bond motifs is 1. The molecule has 0 aromatic carbocycles. The summed E-state index contributed by atoms with van der Waals surface area (Å²) < 4.78 is 29.0. The van der Waals surface area contributed by atoms with Crippen molar-refractivity contribution < 1.29 is 8.42 Å². The number of anilines is 1. The zero-order chi connectivity index (χ0) is 14.5. The lowest BCUT2D eigenvalue weighted by molar-refractivity contribution is 0.315. The zero-order valence-electron chi connectivity index (χ0n) is 11.5. The van der Waals surface area contributed by atoms with Gasteiger partial charge in [-0.05, 0) is 18.8 Å². The fourth-order valence-corrected chi connectivity index (χ4v) is 5.66. The van der Waals surface area contributed by atoms with Crippen molar-refractivity contribution in [1.82, 2.24) is 13.7 Å². The minimum atomic E-state index is -3.60. The van der Waals surface area contributed by atoms with Crippen molar-refractivity contribution in [3.8, 4) is 0 Å². The highest BCUT2D eigenvalue weighted by Crippen LogP contribution is 2.33. The third kappa shape index (κ3) is 1.94. The average Bonchev–Trinajstić information content (AvgIpc) is 3.00. The fraction of sp³-hybridized carbons (Fsp3) is 0.583. The van der Waals surface area contributed by atoms with Crippen LogP contribution in [0.5, 0.6) is 0 Å². The second-order valence-corrected chi connectivity index (χ2v) is 8.11. The van der Waals surface area contributed by atoms with Crippen LogP contribution in [0.1, 0.15) is 26.7 Å². The first kappa shape index (κ1) is 13.8. The van der Waals surface area contributed by atoms with E-state index in [0.29, 0.717) is 17.4 Å². The summed E-state index contributed by atoms with van der Waals surface area (Å²) >= 11 is 1.38. The van der Waals surface area contributed by atoms with Gasteiger partial charge in [0.1, 0.15) is 0 Å². The highest BCUT2D eigenvalue weighted by atomic mass is 32.2. The van der Waals surface area contributed by atoms with Crippen molar-refractivity contribution >= 4 is 32.1 Å². The van der Waals surface area contributed by atoms with E-state index in [-0.39, 0.29) is 16.9 Å². The van der Waals surface area contributed by atoms with Crippen molar-refractivity contribution in [2.24, 2.45) is 5.92 Å². The van der Waals surface area contributed by atoms with Gasteiger partial charge in [0.2, 0.25) is 0 Å². The van der Waals surface area contributed by atoms with E-state index in [4.69, 9.17) is 5.73 Å². The predicted octanol–water partition coefficient (Wildman–Crippen LogP) is 1.79. The maximum atomic E-state index is 12.9. The number of imidazole rings is 1. The molecule has 3 rings (SSSR count). The lowest BCUT2D eigenvalue weighted by Crippen LogP contribution is -2.39. The molecule has 0 amide bonds. The Morgan fingerprint density at radius 3 is 2.95 bits per heavy atom. The van der Waals surface area contributed by atoms with Crippen molar-refractivity contribution in [2.45, 2.75) is 37.8 Å². The van der Waals surface area contributed by atoms with Gasteiger partial charge in [0.25, 0.3) is 10.0 Å². The molecule has 1 aliphatic rings. The molecule has 2 aromatic rings. The number of aromatic nitrogens is 2. The first-order valence-corrected chi connectivity index (χ1v) is 8.97. The first-order chi connectivity index (χ1) is 9.43. The molecule has 110 valence electrons. The molecule has 0 saturated carbocycles. The SMILES string of the molecule is CC(C)C1CCCN1S(=O)(=O)c1c(N)nc2sccn12. The molecular formula is C12H18N4O2S2. The maximum absolute atomic E-state index is 12.9. The van der Waals surface area contributed by atoms with Crippen molar-refractivity contribution in [2.75, 3.05) is 12.3 Å². The van der Waals surface area contributed by atoms with E-state index in [1.807, 2.05) is 5.38 Å². The molecule has 1 unspecified atom stereocenters. The summed E-state index contributed by atoms with van der Waals surface area (Å²) in [6, 6.07) is 0.0450. The topological polar surface area (TPSA) is 80.7 Å². The van der Waals surface area contributed by atoms with Crippen LogP contribution in [0.4, 0.5) is 5.82 Å². The normalized spacial score (nSPS) is 21.2. The molecule has 2 aromatic heterocycles. The van der Waals surface area contributed by atoms with Crippen LogP contribution in [0.15, 0.2) is 16.6 Å². The standard InChI is InChI=1S/C12H18N4O2S2/c1-8(2)9-4-3-5-16(9)20(17,18)11-10(13)14-12-15(11)6-7-19-12/h6-9H,3-5,13H2,1-2H3. The van der Waals surface area contributed by atoms with E-state index in [2.05, 4.69) is 18.8 Å². The van der Waals surface area contributed by atoms with Gasteiger partial charge in [0, 0.05) is 24.2 Å². The molecule has 0 aliphatic carbocycles. The van der Waals surface area contributed by atoms with Gasteiger partial charge in [-0.25, -0.2) is 13.4 Å². The lowest BCUT2D eigenvalue weighted by Gasteiger charge is -2.26. The van der Waals surface area contributed by atoms with E-state index < -0.39 is 10.0 Å². The highest BCUT2D eigenvalue weighted by Gasteiger charge is 2.39. The minimum absolute atomic E-state index is 0.0450. The van der Waals surface area contributed by atoms with Gasteiger partial charge in [-0.1, -0.05) is 13.8 Å². The smallest absolute Gasteiger partial charge is 0.263 e. The molecule has 1 fully saturated rings. The average molecular weight is 314 g/mol. The molecule has 2 N–H and O–H groups in total. The molecular weight excluding hydrogens is 296 g/mol. The minimum Gasteiger partial charge on any atom is -0.381 e. The molecule has 1 aliphatic heterocycles. The van der Waals surface area contributed by atoms with Crippen LogP contribution in [0.3, 0.4) is 0 Å². The molecule has 1 atom stereocenters. The van der Waals surface area contributed by atoms with Gasteiger partial charge in [-0.15, -0.1) is 11.3 Å². The molecule has 8 heteroatoms. The number of sulfonamides is 1. The van der Waals surface area contributed by atoms with Crippen LogP contribution < -0.4 is 5.73 Å². The van der Waals surface area contributed by atoms with Gasteiger partial charge in [-0.3, -0.25) is 4.40 Å². The number of thiazole rings is 1. The highest BCUT2D eigenvalue weighted by molar-refractivity contribution is 7.89. The van der Waals surface area contributed by atoms with Crippen LogP contribution in [0, 0.1) is 5.92 Å². The predicted molar refractivity (Wildman–Crippen MR) is 79.2 cm³/mol. The Morgan fingerprint density at radius 1 is 1.50 bits per heavy atom. The molecule has 3 heterocycles. The maximum Gasteiger partial charge on any atom is 0.263 e. The summed E-state index contributed by atoms with van der Waals surface area (Å²) in [4.78, 5) is 4.75. The lowest BCUT2D eigenvalue weighted by atomic mass is 10.0. The number of nitrogens with zero attached hydrogens (tertiary/aromatic N) is 3. The monoisotopic (exact) mass is 314 g/mol. The van der Waals surface area contributed by atoms with E-state index in [1.165, 1.54) is 11.3 Å². The zero-order valence-corrected chi connectivity index (χ0v) is 13.1. The van der Waals surface area contributed by atoms with Crippen molar-refractivity contribution in [3.63, 3.8) is 0 Å². The Morgan fingerprint density at radius 2 is 2.25 bits per heavy atom. The van der Waals surface area contributed by atoms with Crippen LogP contribution in [0.2, 0.25) is 0 Å². The number of hydrogen-bond acceptors (Lipinski definition) is 5. The Hall–Kier alpha value is -1.12. The third-order valence-electron chi connectivity index (χ3n) is 3.81. The van der Waals surface area contributed by atoms with Gasteiger partial charge < -0.3 is 5.73 Å². The van der Waals surface area contributed by atoms with E-state index in [1.54, 1.807) is 14.9 Å². The molecule has 1 saturated heterocycles.